The summed E-state index contributed by atoms with van der Waals surface area (Å²) in [5.74, 6) is -0.0533. The Morgan fingerprint density at radius 1 is 1.00 bits per heavy atom. The first-order valence-corrected chi connectivity index (χ1v) is 9.66. The highest BCUT2D eigenvalue weighted by molar-refractivity contribution is 7.46. The minimum Gasteiger partial charge on any atom is -0.335 e. The summed E-state index contributed by atoms with van der Waals surface area (Å²) in [6.07, 6.45) is 11.1. The fraction of sp³-hybridized carbons (Fsp3) is 0.688. The molecule has 0 atom stereocenters. The molecule has 0 heterocycles. The average molecular weight is 347 g/mol. The van der Waals surface area contributed by atoms with E-state index in [0.29, 0.717) is 13.0 Å². The predicted octanol–water partition coefficient (Wildman–Crippen LogP) is 3.42. The molecule has 0 saturated heterocycles. The number of nitrogens with zero attached hydrogens (tertiary/aromatic N) is 1. The molecule has 0 aliphatic heterocycles. The Balaban J connectivity index is 3.45. The summed E-state index contributed by atoms with van der Waals surface area (Å²) in [6, 6.07) is 0. The lowest BCUT2D eigenvalue weighted by Gasteiger charge is -2.19. The summed E-state index contributed by atoms with van der Waals surface area (Å²) in [5.41, 5.74) is 0. The monoisotopic (exact) mass is 347 g/mol. The summed E-state index contributed by atoms with van der Waals surface area (Å²) >= 11 is 0. The molecule has 0 aromatic carbocycles. The maximum Gasteiger partial charge on any atom is 0.469 e. The minimum absolute atomic E-state index is 0.0533. The average Bonchev–Trinajstić information content (AvgIpc) is 2.49. The van der Waals surface area contributed by atoms with E-state index >= 15 is 0 Å². The molecule has 0 radical (unpaired) electrons. The lowest BCUT2D eigenvalue weighted by molar-refractivity contribution is -0.125. The summed E-state index contributed by atoms with van der Waals surface area (Å²) < 4.78 is 14.8. The molecule has 0 aliphatic rings. The van der Waals surface area contributed by atoms with Crippen molar-refractivity contribution in [2.75, 3.05) is 19.7 Å². The molecule has 0 saturated carbocycles. The number of hydrogen-bond acceptors (Lipinski definition) is 3. The second kappa shape index (κ2) is 13.5. The van der Waals surface area contributed by atoms with E-state index in [1.54, 1.807) is 11.0 Å². The van der Waals surface area contributed by atoms with Crippen LogP contribution >= 0.6 is 7.82 Å². The van der Waals surface area contributed by atoms with Crippen molar-refractivity contribution in [2.24, 2.45) is 0 Å². The van der Waals surface area contributed by atoms with Gasteiger partial charge in [0.1, 0.15) is 0 Å². The van der Waals surface area contributed by atoms with Crippen LogP contribution in [0.3, 0.4) is 0 Å². The van der Waals surface area contributed by atoms with Crippen LogP contribution in [-0.4, -0.2) is 40.3 Å². The van der Waals surface area contributed by atoms with Gasteiger partial charge < -0.3 is 14.7 Å². The number of carbonyl (C=O) groups is 1. The summed E-state index contributed by atoms with van der Waals surface area (Å²) in [4.78, 5) is 30.3. The second-order valence-corrected chi connectivity index (χ2v) is 6.67. The predicted molar refractivity (Wildman–Crippen MR) is 91.9 cm³/mol. The Morgan fingerprint density at radius 3 is 2.00 bits per heavy atom. The zero-order valence-corrected chi connectivity index (χ0v) is 14.8. The van der Waals surface area contributed by atoms with Crippen LogP contribution in [0.5, 0.6) is 0 Å². The van der Waals surface area contributed by atoms with Gasteiger partial charge >= 0.3 is 7.82 Å². The Kier molecular flexibility index (Phi) is 12.9. The van der Waals surface area contributed by atoms with E-state index in [0.717, 1.165) is 51.5 Å². The van der Waals surface area contributed by atoms with Crippen molar-refractivity contribution in [3.05, 3.63) is 25.3 Å². The number of unbranched alkanes of at least 4 members (excludes halogenated alkanes) is 7. The van der Waals surface area contributed by atoms with Gasteiger partial charge in [-0.2, -0.15) is 0 Å². The van der Waals surface area contributed by atoms with Crippen molar-refractivity contribution in [1.29, 1.82) is 0 Å². The summed E-state index contributed by atoms with van der Waals surface area (Å²) in [6.45, 7) is 8.55. The SMILES string of the molecule is C=CCN(CCCCCCCCCCOP(=O)(O)O)C(=O)C=C. The summed E-state index contributed by atoms with van der Waals surface area (Å²) in [5, 5.41) is 0. The number of rotatable bonds is 15. The van der Waals surface area contributed by atoms with Crippen LogP contribution in [0.2, 0.25) is 0 Å². The highest BCUT2D eigenvalue weighted by Crippen LogP contribution is 2.35. The van der Waals surface area contributed by atoms with Crippen LogP contribution in [0.25, 0.3) is 0 Å². The molecule has 7 heteroatoms. The number of hydrogen-bond donors (Lipinski definition) is 2. The van der Waals surface area contributed by atoms with Gasteiger partial charge in [-0.1, -0.05) is 51.2 Å². The molecule has 6 nitrogen and oxygen atoms in total. The fourth-order valence-electron chi connectivity index (χ4n) is 2.23. The molecule has 0 bridgehead atoms. The molecule has 0 unspecified atom stereocenters. The van der Waals surface area contributed by atoms with Gasteiger partial charge in [0.15, 0.2) is 0 Å². The Hall–Kier alpha value is -0.940. The van der Waals surface area contributed by atoms with E-state index in [1.807, 2.05) is 0 Å². The lowest BCUT2D eigenvalue weighted by atomic mass is 10.1. The Labute approximate surface area is 139 Å². The topological polar surface area (TPSA) is 87.1 Å². The Morgan fingerprint density at radius 2 is 1.52 bits per heavy atom. The number of amides is 1. The van der Waals surface area contributed by atoms with Gasteiger partial charge in [0, 0.05) is 13.1 Å². The third-order valence-corrected chi connectivity index (χ3v) is 3.94. The van der Waals surface area contributed by atoms with Gasteiger partial charge in [-0.15, -0.1) is 6.58 Å². The fourth-order valence-corrected chi connectivity index (χ4v) is 2.59. The van der Waals surface area contributed by atoms with Crippen molar-refractivity contribution in [1.82, 2.24) is 4.90 Å². The molecule has 1 amide bonds. The van der Waals surface area contributed by atoms with Crippen LogP contribution in [0.4, 0.5) is 0 Å². The third-order valence-electron chi connectivity index (χ3n) is 3.42. The van der Waals surface area contributed by atoms with Crippen molar-refractivity contribution in [2.45, 2.75) is 51.4 Å². The number of carbonyl (C=O) groups excluding carboxylic acids is 1. The molecular formula is C16H30NO5P. The lowest BCUT2D eigenvalue weighted by Crippen LogP contribution is -2.30. The van der Waals surface area contributed by atoms with E-state index in [4.69, 9.17) is 9.79 Å². The standard InChI is InChI=1S/C16H30NO5P/c1-3-13-17(16(18)4-2)14-11-9-7-5-6-8-10-12-15-22-23(19,20)21/h3-4H,1-2,5-15H2,(H2,19,20,21). The van der Waals surface area contributed by atoms with E-state index in [1.165, 1.54) is 6.08 Å². The first kappa shape index (κ1) is 22.1. The molecule has 0 aliphatic carbocycles. The number of phosphoric ester groups is 1. The van der Waals surface area contributed by atoms with Crippen molar-refractivity contribution < 1.29 is 23.7 Å². The molecule has 0 rings (SSSR count). The number of phosphoric acid groups is 1. The maximum absolute atomic E-state index is 11.6. The highest BCUT2D eigenvalue weighted by atomic mass is 31.2. The van der Waals surface area contributed by atoms with Crippen LogP contribution in [0.15, 0.2) is 25.3 Å². The zero-order chi connectivity index (χ0) is 17.6. The van der Waals surface area contributed by atoms with E-state index in [2.05, 4.69) is 17.7 Å². The molecule has 0 fully saturated rings. The third kappa shape index (κ3) is 14.4. The van der Waals surface area contributed by atoms with Crippen molar-refractivity contribution >= 4 is 13.7 Å². The van der Waals surface area contributed by atoms with Crippen LogP contribution in [0.1, 0.15) is 51.4 Å². The van der Waals surface area contributed by atoms with Gasteiger partial charge in [-0.05, 0) is 18.9 Å². The van der Waals surface area contributed by atoms with Gasteiger partial charge in [-0.3, -0.25) is 9.32 Å². The van der Waals surface area contributed by atoms with E-state index in [9.17, 15) is 9.36 Å². The first-order valence-electron chi connectivity index (χ1n) is 8.13. The quantitative estimate of drug-likeness (QED) is 0.205. The molecule has 0 aromatic rings. The largest absolute Gasteiger partial charge is 0.469 e. The van der Waals surface area contributed by atoms with Gasteiger partial charge in [0.05, 0.1) is 6.61 Å². The van der Waals surface area contributed by atoms with E-state index < -0.39 is 7.82 Å². The molecule has 0 spiro atoms. The van der Waals surface area contributed by atoms with Crippen LogP contribution < -0.4 is 0 Å². The second-order valence-electron chi connectivity index (χ2n) is 5.43. The van der Waals surface area contributed by atoms with Gasteiger partial charge in [0.2, 0.25) is 5.91 Å². The molecule has 2 N–H and O–H groups in total. The molecule has 23 heavy (non-hydrogen) atoms. The van der Waals surface area contributed by atoms with E-state index in [-0.39, 0.29) is 12.5 Å². The van der Waals surface area contributed by atoms with Gasteiger partial charge in [-0.25, -0.2) is 4.57 Å². The molecular weight excluding hydrogens is 317 g/mol. The first-order chi connectivity index (χ1) is 10.9. The van der Waals surface area contributed by atoms with Crippen molar-refractivity contribution in [3.63, 3.8) is 0 Å². The Bertz CT molecular complexity index is 394. The smallest absolute Gasteiger partial charge is 0.335 e. The zero-order valence-electron chi connectivity index (χ0n) is 13.9. The maximum atomic E-state index is 11.6. The normalized spacial score (nSPS) is 11.2. The molecule has 134 valence electrons. The summed E-state index contributed by atoms with van der Waals surface area (Å²) in [7, 11) is -4.30. The highest BCUT2D eigenvalue weighted by Gasteiger charge is 2.12. The van der Waals surface area contributed by atoms with Gasteiger partial charge in [0.25, 0.3) is 0 Å². The van der Waals surface area contributed by atoms with Crippen molar-refractivity contribution in [3.8, 4) is 0 Å². The molecule has 0 aromatic heterocycles. The minimum atomic E-state index is -4.30. The van der Waals surface area contributed by atoms with Crippen LogP contribution in [-0.2, 0) is 13.9 Å². The van der Waals surface area contributed by atoms with Crippen LogP contribution in [0, 0.1) is 0 Å².